The molecule has 1 saturated heterocycles. The molecular formula is C26H27N3O3S2. The number of anilines is 1. The van der Waals surface area contributed by atoms with Gasteiger partial charge in [0.2, 0.25) is 0 Å². The Morgan fingerprint density at radius 2 is 2.03 bits per heavy atom. The molecule has 34 heavy (non-hydrogen) atoms. The van der Waals surface area contributed by atoms with Crippen LogP contribution < -0.4 is 19.8 Å². The summed E-state index contributed by atoms with van der Waals surface area (Å²) in [4.78, 5) is 35.0. The fourth-order valence-corrected chi connectivity index (χ4v) is 6.61. The van der Waals surface area contributed by atoms with Crippen molar-refractivity contribution < 1.29 is 9.53 Å². The van der Waals surface area contributed by atoms with Crippen LogP contribution in [0.1, 0.15) is 48.7 Å². The van der Waals surface area contributed by atoms with Crippen molar-refractivity contribution in [2.24, 2.45) is 4.99 Å². The molecule has 1 fully saturated rings. The smallest absolute Gasteiger partial charge is 0.338 e. The summed E-state index contributed by atoms with van der Waals surface area (Å²) in [5, 5.41) is 1.95. The van der Waals surface area contributed by atoms with Crippen molar-refractivity contribution in [2.45, 2.75) is 39.7 Å². The standard InChI is InChI=1S/C26H27N3O3S2/c1-4-32-25(31)22-17(3)27-26-29(23(22)20-8-7-13-33-20)24(30)21(34-26)15-18-9-10-19(16(2)14-18)28-11-5-6-12-28/h7-10,13-15,23H,4-6,11-12H2,1-3H3/b21-15+/t23-/m1/s1. The molecule has 0 N–H and O–H groups in total. The van der Waals surface area contributed by atoms with Crippen LogP contribution in [0.2, 0.25) is 0 Å². The molecule has 2 aromatic heterocycles. The lowest BCUT2D eigenvalue weighted by Gasteiger charge is -2.23. The Morgan fingerprint density at radius 1 is 1.24 bits per heavy atom. The average Bonchev–Trinajstić information content (AvgIpc) is 3.56. The summed E-state index contributed by atoms with van der Waals surface area (Å²) in [6.07, 6.45) is 4.40. The van der Waals surface area contributed by atoms with Crippen LogP contribution in [0.5, 0.6) is 0 Å². The first-order valence-corrected chi connectivity index (χ1v) is 13.3. The van der Waals surface area contributed by atoms with E-state index in [2.05, 4.69) is 35.0 Å². The minimum Gasteiger partial charge on any atom is -0.463 e. The third-order valence-corrected chi connectivity index (χ3v) is 8.20. The number of carbonyl (C=O) groups is 1. The van der Waals surface area contributed by atoms with Gasteiger partial charge in [-0.05, 0) is 74.4 Å². The minimum absolute atomic E-state index is 0.141. The topological polar surface area (TPSA) is 63.9 Å². The zero-order valence-electron chi connectivity index (χ0n) is 19.5. The third kappa shape index (κ3) is 4.05. The van der Waals surface area contributed by atoms with E-state index in [9.17, 15) is 9.59 Å². The molecule has 2 aliphatic heterocycles. The Bertz CT molecular complexity index is 1440. The summed E-state index contributed by atoms with van der Waals surface area (Å²) < 4.78 is 7.58. The highest BCUT2D eigenvalue weighted by Gasteiger charge is 2.33. The van der Waals surface area contributed by atoms with Crippen LogP contribution >= 0.6 is 22.7 Å². The van der Waals surface area contributed by atoms with Gasteiger partial charge in [0.05, 0.1) is 22.4 Å². The molecule has 1 aromatic carbocycles. The SMILES string of the molecule is CCOC(=O)C1=C(C)N=c2s/c(=C/c3ccc(N4CCCC4)c(C)c3)c(=O)n2[C@@H]1c1cccs1. The van der Waals surface area contributed by atoms with E-state index in [1.807, 2.05) is 30.5 Å². The molecule has 0 saturated carbocycles. The number of esters is 1. The number of hydrogen-bond donors (Lipinski definition) is 0. The molecule has 1 atom stereocenters. The second kappa shape index (κ2) is 9.35. The van der Waals surface area contributed by atoms with Gasteiger partial charge in [-0.1, -0.05) is 23.5 Å². The summed E-state index contributed by atoms with van der Waals surface area (Å²) in [6, 6.07) is 9.71. The molecule has 0 unspecified atom stereocenters. The fraction of sp³-hybridized carbons (Fsp3) is 0.346. The van der Waals surface area contributed by atoms with Crippen molar-refractivity contribution in [1.29, 1.82) is 0 Å². The molecule has 4 heterocycles. The van der Waals surface area contributed by atoms with Gasteiger partial charge in [-0.3, -0.25) is 9.36 Å². The normalized spacial score (nSPS) is 18.3. The van der Waals surface area contributed by atoms with Crippen LogP contribution in [0.4, 0.5) is 5.69 Å². The largest absolute Gasteiger partial charge is 0.463 e. The Morgan fingerprint density at radius 3 is 2.71 bits per heavy atom. The minimum atomic E-state index is -0.531. The van der Waals surface area contributed by atoms with E-state index in [0.717, 1.165) is 23.5 Å². The number of thiazole rings is 1. The van der Waals surface area contributed by atoms with E-state index in [1.54, 1.807) is 11.5 Å². The van der Waals surface area contributed by atoms with Gasteiger partial charge >= 0.3 is 5.97 Å². The molecular weight excluding hydrogens is 466 g/mol. The second-order valence-electron chi connectivity index (χ2n) is 8.56. The number of fused-ring (bicyclic) bond motifs is 1. The molecule has 5 rings (SSSR count). The van der Waals surface area contributed by atoms with Gasteiger partial charge in [0, 0.05) is 23.7 Å². The van der Waals surface area contributed by atoms with Crippen LogP contribution in [-0.4, -0.2) is 30.2 Å². The van der Waals surface area contributed by atoms with Gasteiger partial charge in [-0.15, -0.1) is 11.3 Å². The van der Waals surface area contributed by atoms with Crippen LogP contribution in [0.25, 0.3) is 6.08 Å². The number of hydrogen-bond acceptors (Lipinski definition) is 7. The molecule has 8 heteroatoms. The average molecular weight is 494 g/mol. The van der Waals surface area contributed by atoms with Crippen LogP contribution in [-0.2, 0) is 9.53 Å². The molecule has 0 aliphatic carbocycles. The van der Waals surface area contributed by atoms with E-state index < -0.39 is 12.0 Å². The number of benzene rings is 1. The lowest BCUT2D eigenvalue weighted by atomic mass is 10.0. The zero-order valence-corrected chi connectivity index (χ0v) is 21.2. The van der Waals surface area contributed by atoms with Crippen molar-refractivity contribution in [3.63, 3.8) is 0 Å². The van der Waals surface area contributed by atoms with Crippen molar-refractivity contribution >= 4 is 40.4 Å². The quantitative estimate of drug-likeness (QED) is 0.508. The molecule has 3 aromatic rings. The molecule has 176 valence electrons. The van der Waals surface area contributed by atoms with Crippen molar-refractivity contribution in [2.75, 3.05) is 24.6 Å². The van der Waals surface area contributed by atoms with Crippen LogP contribution in [0, 0.1) is 6.92 Å². The number of carbonyl (C=O) groups excluding carboxylic acids is 1. The van der Waals surface area contributed by atoms with Gasteiger partial charge in [-0.2, -0.15) is 0 Å². The Balaban J connectivity index is 1.61. The summed E-state index contributed by atoms with van der Waals surface area (Å²) in [7, 11) is 0. The predicted molar refractivity (Wildman–Crippen MR) is 137 cm³/mol. The first-order chi connectivity index (χ1) is 16.5. The molecule has 6 nitrogen and oxygen atoms in total. The first kappa shape index (κ1) is 22.8. The number of rotatable bonds is 5. The van der Waals surface area contributed by atoms with Crippen molar-refractivity contribution in [3.05, 3.63) is 82.7 Å². The summed E-state index contributed by atoms with van der Waals surface area (Å²) in [5.74, 6) is -0.426. The van der Waals surface area contributed by atoms with Gasteiger partial charge in [0.25, 0.3) is 5.56 Å². The first-order valence-electron chi connectivity index (χ1n) is 11.6. The lowest BCUT2D eigenvalue weighted by Crippen LogP contribution is -2.39. The van der Waals surface area contributed by atoms with Gasteiger partial charge in [-0.25, -0.2) is 9.79 Å². The molecule has 0 radical (unpaired) electrons. The number of allylic oxidation sites excluding steroid dienone is 1. The summed E-state index contributed by atoms with van der Waals surface area (Å²) >= 11 is 2.88. The number of ether oxygens (including phenoxy) is 1. The Kier molecular flexibility index (Phi) is 6.27. The van der Waals surface area contributed by atoms with E-state index >= 15 is 0 Å². The van der Waals surface area contributed by atoms with Crippen molar-refractivity contribution in [1.82, 2.24) is 4.57 Å². The maximum atomic E-state index is 13.6. The Hall–Kier alpha value is -2.97. The van der Waals surface area contributed by atoms with E-state index in [0.29, 0.717) is 20.6 Å². The van der Waals surface area contributed by atoms with Gasteiger partial charge in [0.1, 0.15) is 6.04 Å². The molecule has 2 aliphatic rings. The maximum Gasteiger partial charge on any atom is 0.338 e. The monoisotopic (exact) mass is 493 g/mol. The third-order valence-electron chi connectivity index (χ3n) is 6.30. The van der Waals surface area contributed by atoms with Crippen LogP contribution in [0.15, 0.2) is 56.8 Å². The Labute approximate surface area is 206 Å². The van der Waals surface area contributed by atoms with Crippen LogP contribution in [0.3, 0.4) is 0 Å². The number of aryl methyl sites for hydroxylation is 1. The maximum absolute atomic E-state index is 13.6. The molecule has 0 bridgehead atoms. The van der Waals surface area contributed by atoms with Gasteiger partial charge < -0.3 is 9.64 Å². The fourth-order valence-electron chi connectivity index (χ4n) is 4.74. The molecule has 0 amide bonds. The van der Waals surface area contributed by atoms with E-state index in [1.165, 1.54) is 46.8 Å². The molecule has 0 spiro atoms. The predicted octanol–water partition coefficient (Wildman–Crippen LogP) is 3.77. The van der Waals surface area contributed by atoms with Gasteiger partial charge in [0.15, 0.2) is 4.80 Å². The summed E-state index contributed by atoms with van der Waals surface area (Å²) in [5.41, 5.74) is 4.34. The highest BCUT2D eigenvalue weighted by atomic mass is 32.1. The highest BCUT2D eigenvalue weighted by Crippen LogP contribution is 2.33. The number of nitrogens with zero attached hydrogens (tertiary/aromatic N) is 3. The zero-order chi connectivity index (χ0) is 23.8. The van der Waals surface area contributed by atoms with E-state index in [4.69, 9.17) is 4.74 Å². The second-order valence-corrected chi connectivity index (χ2v) is 10.5. The number of thiophene rings is 1. The number of aromatic nitrogens is 1. The highest BCUT2D eigenvalue weighted by molar-refractivity contribution is 7.10. The van der Waals surface area contributed by atoms with Crippen molar-refractivity contribution in [3.8, 4) is 0 Å². The van der Waals surface area contributed by atoms with E-state index in [-0.39, 0.29) is 12.2 Å². The lowest BCUT2D eigenvalue weighted by molar-refractivity contribution is -0.139. The summed E-state index contributed by atoms with van der Waals surface area (Å²) in [6.45, 7) is 8.18.